The first-order valence-corrected chi connectivity index (χ1v) is 14.0. The topological polar surface area (TPSA) is 86.8 Å². The quantitative estimate of drug-likeness (QED) is 0.350. The van der Waals surface area contributed by atoms with Gasteiger partial charge in [-0.25, -0.2) is 12.8 Å². The van der Waals surface area contributed by atoms with Crippen molar-refractivity contribution in [3.8, 4) is 0 Å². The fourth-order valence-corrected chi connectivity index (χ4v) is 5.32. The van der Waals surface area contributed by atoms with E-state index in [1.807, 2.05) is 6.92 Å². The molecule has 7 nitrogen and oxygen atoms in total. The monoisotopic (exact) mass is 589 g/mol. The van der Waals surface area contributed by atoms with Crippen molar-refractivity contribution >= 4 is 43.5 Å². The molecule has 0 aromatic heterocycles. The summed E-state index contributed by atoms with van der Waals surface area (Å²) < 4.78 is 42.5. The number of carbonyl (C=O) groups excluding carboxylic acids is 2. The number of sulfonamides is 1. The summed E-state index contributed by atoms with van der Waals surface area (Å²) in [5.41, 5.74) is 0.899. The number of nitrogens with one attached hydrogen (secondary N) is 1. The molecule has 1 N–H and O–H groups in total. The molecule has 0 heterocycles. The molecule has 0 fully saturated rings. The Morgan fingerprint density at radius 2 is 1.59 bits per heavy atom. The zero-order valence-electron chi connectivity index (χ0n) is 20.6. The van der Waals surface area contributed by atoms with Gasteiger partial charge in [0.05, 0.1) is 10.6 Å². The van der Waals surface area contributed by atoms with Crippen LogP contribution in [0.15, 0.2) is 88.2 Å². The standard InChI is InChI=1S/C27H29BrFN3O4S/c1-3-17-30-27(34)20(2)31(18-21-9-13-23(29)14-10-21)26(33)19-32(24-15-11-22(28)12-16-24)37(35,36)25-7-5-4-6-8-25/h4-16,20H,3,17-19H2,1-2H3,(H,30,34). The van der Waals surface area contributed by atoms with Crippen LogP contribution in [0.4, 0.5) is 10.1 Å². The van der Waals surface area contributed by atoms with Gasteiger partial charge in [-0.05, 0) is 67.4 Å². The van der Waals surface area contributed by atoms with Crippen LogP contribution >= 0.6 is 15.9 Å². The van der Waals surface area contributed by atoms with Crippen LogP contribution in [-0.2, 0) is 26.2 Å². The third kappa shape index (κ3) is 7.39. The number of benzene rings is 3. The number of carbonyl (C=O) groups is 2. The lowest BCUT2D eigenvalue weighted by Crippen LogP contribution is -2.51. The fourth-order valence-electron chi connectivity index (χ4n) is 3.62. The van der Waals surface area contributed by atoms with Crippen LogP contribution < -0.4 is 9.62 Å². The number of amides is 2. The first kappa shape index (κ1) is 28.3. The van der Waals surface area contributed by atoms with Crippen LogP contribution in [-0.4, -0.2) is 44.3 Å². The highest BCUT2D eigenvalue weighted by molar-refractivity contribution is 9.10. The summed E-state index contributed by atoms with van der Waals surface area (Å²) in [4.78, 5) is 27.9. The fraction of sp³-hybridized carbons (Fsp3) is 0.259. The van der Waals surface area contributed by atoms with E-state index in [1.165, 1.54) is 41.3 Å². The van der Waals surface area contributed by atoms with Gasteiger partial charge in [0, 0.05) is 17.6 Å². The van der Waals surface area contributed by atoms with Crippen molar-refractivity contribution in [2.75, 3.05) is 17.4 Å². The molecule has 0 spiro atoms. The van der Waals surface area contributed by atoms with E-state index in [-0.39, 0.29) is 17.3 Å². The van der Waals surface area contributed by atoms with E-state index in [9.17, 15) is 22.4 Å². The third-order valence-electron chi connectivity index (χ3n) is 5.71. The van der Waals surface area contributed by atoms with E-state index in [0.717, 1.165) is 15.2 Å². The van der Waals surface area contributed by atoms with Gasteiger partial charge in [0.1, 0.15) is 18.4 Å². The van der Waals surface area contributed by atoms with Crippen molar-refractivity contribution in [2.24, 2.45) is 0 Å². The van der Waals surface area contributed by atoms with Crippen LogP contribution in [0.3, 0.4) is 0 Å². The molecule has 2 amide bonds. The molecule has 37 heavy (non-hydrogen) atoms. The first-order valence-electron chi connectivity index (χ1n) is 11.8. The zero-order chi connectivity index (χ0) is 27.0. The molecule has 0 aliphatic heterocycles. The van der Waals surface area contributed by atoms with Gasteiger partial charge in [-0.2, -0.15) is 0 Å². The third-order valence-corrected chi connectivity index (χ3v) is 8.02. The molecule has 10 heteroatoms. The Hall–Kier alpha value is -3.24. The number of anilines is 1. The van der Waals surface area contributed by atoms with Gasteiger partial charge in [0.2, 0.25) is 11.8 Å². The number of hydrogen-bond donors (Lipinski definition) is 1. The molecule has 0 saturated carbocycles. The minimum absolute atomic E-state index is 0.000608. The second-order valence-corrected chi connectivity index (χ2v) is 11.2. The summed E-state index contributed by atoms with van der Waals surface area (Å²) in [6.07, 6.45) is 0.719. The molecule has 0 aliphatic carbocycles. The number of nitrogens with zero attached hydrogens (tertiary/aromatic N) is 2. The SMILES string of the molecule is CCCNC(=O)C(C)N(Cc1ccc(F)cc1)C(=O)CN(c1ccc(Br)cc1)S(=O)(=O)c1ccccc1. The second kappa shape index (κ2) is 12.8. The summed E-state index contributed by atoms with van der Waals surface area (Å²) in [6.45, 7) is 3.40. The molecule has 3 aromatic rings. The number of rotatable bonds is 11. The van der Waals surface area contributed by atoms with Gasteiger partial charge in [-0.1, -0.05) is 53.2 Å². The maximum absolute atomic E-state index is 13.7. The van der Waals surface area contributed by atoms with E-state index in [1.54, 1.807) is 49.4 Å². The largest absolute Gasteiger partial charge is 0.354 e. The lowest BCUT2D eigenvalue weighted by molar-refractivity contribution is -0.139. The molecule has 196 valence electrons. The maximum atomic E-state index is 13.7. The van der Waals surface area contributed by atoms with Crippen molar-refractivity contribution < 1.29 is 22.4 Å². The second-order valence-electron chi connectivity index (χ2n) is 8.42. The minimum atomic E-state index is -4.11. The van der Waals surface area contributed by atoms with E-state index >= 15 is 0 Å². The Kier molecular flexibility index (Phi) is 9.82. The predicted molar refractivity (Wildman–Crippen MR) is 145 cm³/mol. The Morgan fingerprint density at radius 3 is 2.19 bits per heavy atom. The van der Waals surface area contributed by atoms with Crippen LogP contribution in [0.1, 0.15) is 25.8 Å². The molecule has 3 rings (SSSR count). The van der Waals surface area contributed by atoms with Crippen molar-refractivity contribution in [1.29, 1.82) is 0 Å². The van der Waals surface area contributed by atoms with E-state index in [2.05, 4.69) is 21.2 Å². The van der Waals surface area contributed by atoms with Gasteiger partial charge in [0.25, 0.3) is 10.0 Å². The Balaban J connectivity index is 1.99. The molecule has 0 radical (unpaired) electrons. The average molecular weight is 591 g/mol. The summed E-state index contributed by atoms with van der Waals surface area (Å²) in [5.74, 6) is -1.37. The molecule has 1 unspecified atom stereocenters. The summed E-state index contributed by atoms with van der Waals surface area (Å²) in [5, 5.41) is 2.78. The Labute approximate surface area is 225 Å². The van der Waals surface area contributed by atoms with Crippen LogP contribution in [0, 0.1) is 5.82 Å². The van der Waals surface area contributed by atoms with Crippen molar-refractivity contribution in [1.82, 2.24) is 10.2 Å². The number of halogens is 2. The average Bonchev–Trinajstić information content (AvgIpc) is 2.90. The summed E-state index contributed by atoms with van der Waals surface area (Å²) >= 11 is 3.35. The van der Waals surface area contributed by atoms with E-state index in [0.29, 0.717) is 17.8 Å². The molecular weight excluding hydrogens is 561 g/mol. The van der Waals surface area contributed by atoms with Gasteiger partial charge < -0.3 is 10.2 Å². The Bertz CT molecular complexity index is 1300. The maximum Gasteiger partial charge on any atom is 0.264 e. The number of hydrogen-bond acceptors (Lipinski definition) is 4. The highest BCUT2D eigenvalue weighted by Gasteiger charge is 2.32. The first-order chi connectivity index (χ1) is 17.6. The highest BCUT2D eigenvalue weighted by atomic mass is 79.9. The smallest absolute Gasteiger partial charge is 0.264 e. The van der Waals surface area contributed by atoms with Crippen LogP contribution in [0.5, 0.6) is 0 Å². The molecule has 0 bridgehead atoms. The van der Waals surface area contributed by atoms with Gasteiger partial charge in [0.15, 0.2) is 0 Å². The van der Waals surface area contributed by atoms with Crippen LogP contribution in [0.2, 0.25) is 0 Å². The van der Waals surface area contributed by atoms with Gasteiger partial charge >= 0.3 is 0 Å². The van der Waals surface area contributed by atoms with E-state index < -0.39 is 34.3 Å². The summed E-state index contributed by atoms with van der Waals surface area (Å²) in [7, 11) is -4.11. The molecule has 0 saturated heterocycles. The normalized spacial score (nSPS) is 12.0. The van der Waals surface area contributed by atoms with E-state index in [4.69, 9.17) is 0 Å². The van der Waals surface area contributed by atoms with Crippen LogP contribution in [0.25, 0.3) is 0 Å². The van der Waals surface area contributed by atoms with Crippen molar-refractivity contribution in [2.45, 2.75) is 37.8 Å². The zero-order valence-corrected chi connectivity index (χ0v) is 23.0. The van der Waals surface area contributed by atoms with Gasteiger partial charge in [-0.15, -0.1) is 0 Å². The lowest BCUT2D eigenvalue weighted by Gasteiger charge is -2.32. The van der Waals surface area contributed by atoms with Crippen molar-refractivity contribution in [3.05, 3.63) is 94.7 Å². The molecule has 3 aromatic carbocycles. The molecule has 0 aliphatic rings. The minimum Gasteiger partial charge on any atom is -0.354 e. The molecular formula is C27H29BrFN3O4S. The predicted octanol–water partition coefficient (Wildman–Crippen LogP) is 4.73. The highest BCUT2D eigenvalue weighted by Crippen LogP contribution is 2.26. The molecule has 1 atom stereocenters. The van der Waals surface area contributed by atoms with Gasteiger partial charge in [-0.3, -0.25) is 13.9 Å². The Morgan fingerprint density at radius 1 is 0.973 bits per heavy atom. The lowest BCUT2D eigenvalue weighted by atomic mass is 10.1. The van der Waals surface area contributed by atoms with Crippen molar-refractivity contribution in [3.63, 3.8) is 0 Å². The summed E-state index contributed by atoms with van der Waals surface area (Å²) in [6, 6.07) is 19.1.